The zero-order chi connectivity index (χ0) is 15.4. The molecular weight excluding hydrogens is 274 g/mol. The number of aliphatic hydroxyl groups excluding tert-OH is 1. The highest BCUT2D eigenvalue weighted by Gasteiger charge is 2.37. The molecule has 2 atom stereocenters. The Morgan fingerprint density at radius 1 is 1.05 bits per heavy atom. The molecule has 3 rings (SSSR count). The Hall–Kier alpha value is -1.35. The monoisotopic (exact) mass is 301 g/mol. The van der Waals surface area contributed by atoms with E-state index < -0.39 is 6.10 Å². The first-order chi connectivity index (χ1) is 10.8. The van der Waals surface area contributed by atoms with Crippen molar-refractivity contribution in [2.45, 2.75) is 57.6 Å². The van der Waals surface area contributed by atoms with Crippen LogP contribution >= 0.6 is 0 Å². The van der Waals surface area contributed by atoms with Crippen molar-refractivity contribution < 1.29 is 9.90 Å². The van der Waals surface area contributed by atoms with Gasteiger partial charge in [0, 0.05) is 13.1 Å². The molecule has 0 spiro atoms. The van der Waals surface area contributed by atoms with Crippen LogP contribution in [0.5, 0.6) is 0 Å². The van der Waals surface area contributed by atoms with Gasteiger partial charge in [0.1, 0.15) is 0 Å². The number of rotatable bonds is 4. The van der Waals surface area contributed by atoms with E-state index in [1.165, 1.54) is 24.8 Å². The second kappa shape index (κ2) is 7.28. The van der Waals surface area contributed by atoms with Gasteiger partial charge in [0.2, 0.25) is 5.91 Å². The Labute approximate surface area is 133 Å². The molecule has 2 aliphatic rings. The molecule has 3 nitrogen and oxygen atoms in total. The molecule has 1 aromatic rings. The van der Waals surface area contributed by atoms with Crippen molar-refractivity contribution in [2.24, 2.45) is 11.8 Å². The number of carbonyl (C=O) groups excluding carboxylic acids is 1. The molecule has 1 heterocycles. The fraction of sp³-hybridized carbons (Fsp3) is 0.632. The summed E-state index contributed by atoms with van der Waals surface area (Å²) in [5, 5.41) is 10.7. The van der Waals surface area contributed by atoms with Crippen LogP contribution in [0.4, 0.5) is 0 Å². The van der Waals surface area contributed by atoms with Crippen LogP contribution in [0.1, 0.15) is 50.5 Å². The van der Waals surface area contributed by atoms with E-state index in [0.717, 1.165) is 32.2 Å². The molecule has 1 saturated carbocycles. The van der Waals surface area contributed by atoms with Crippen LogP contribution in [0.2, 0.25) is 0 Å². The predicted octanol–water partition coefficient (Wildman–Crippen LogP) is 3.37. The Morgan fingerprint density at radius 2 is 1.77 bits per heavy atom. The van der Waals surface area contributed by atoms with Gasteiger partial charge >= 0.3 is 0 Å². The summed E-state index contributed by atoms with van der Waals surface area (Å²) < 4.78 is 0. The van der Waals surface area contributed by atoms with E-state index in [1.807, 2.05) is 23.1 Å². The summed E-state index contributed by atoms with van der Waals surface area (Å²) in [5.41, 5.74) is 1.17. The Kier molecular flexibility index (Phi) is 5.14. The number of hydrogen-bond donors (Lipinski definition) is 1. The molecule has 0 aromatic heterocycles. The second-order valence-electron chi connectivity index (χ2n) is 6.88. The maximum atomic E-state index is 12.8. The first kappa shape index (κ1) is 15.5. The van der Waals surface area contributed by atoms with Crippen molar-refractivity contribution in [3.05, 3.63) is 35.9 Å². The number of carbonyl (C=O) groups is 1. The Morgan fingerprint density at radius 3 is 2.50 bits per heavy atom. The van der Waals surface area contributed by atoms with E-state index in [4.69, 9.17) is 0 Å². The summed E-state index contributed by atoms with van der Waals surface area (Å²) in [6, 6.07) is 10.1. The van der Waals surface area contributed by atoms with Crippen LogP contribution < -0.4 is 0 Å². The third kappa shape index (κ3) is 3.52. The number of benzene rings is 1. The minimum Gasteiger partial charge on any atom is -0.392 e. The van der Waals surface area contributed by atoms with Crippen LogP contribution in [0, 0.1) is 11.8 Å². The average Bonchev–Trinajstić information content (AvgIpc) is 2.58. The first-order valence-electron chi connectivity index (χ1n) is 8.76. The van der Waals surface area contributed by atoms with E-state index in [0.29, 0.717) is 12.5 Å². The van der Waals surface area contributed by atoms with Gasteiger partial charge in [-0.15, -0.1) is 0 Å². The molecule has 120 valence electrons. The van der Waals surface area contributed by atoms with Gasteiger partial charge in [0.15, 0.2) is 0 Å². The number of amides is 1. The van der Waals surface area contributed by atoms with Gasteiger partial charge < -0.3 is 10.0 Å². The Bertz CT molecular complexity index is 481. The molecule has 22 heavy (non-hydrogen) atoms. The van der Waals surface area contributed by atoms with Crippen LogP contribution in [0.15, 0.2) is 30.3 Å². The van der Waals surface area contributed by atoms with Gasteiger partial charge in [0.05, 0.1) is 12.0 Å². The lowest BCUT2D eigenvalue weighted by Crippen LogP contribution is -2.47. The van der Waals surface area contributed by atoms with Gasteiger partial charge in [-0.3, -0.25) is 4.79 Å². The second-order valence-corrected chi connectivity index (χ2v) is 6.88. The zero-order valence-corrected chi connectivity index (χ0v) is 13.3. The highest BCUT2D eigenvalue weighted by atomic mass is 16.3. The minimum atomic E-state index is -0.439. The van der Waals surface area contributed by atoms with E-state index in [1.54, 1.807) is 0 Å². The van der Waals surface area contributed by atoms with Crippen molar-refractivity contribution in [2.75, 3.05) is 6.54 Å². The minimum absolute atomic E-state index is 0.160. The molecule has 1 aliphatic heterocycles. The Balaban J connectivity index is 1.64. The summed E-state index contributed by atoms with van der Waals surface area (Å²) in [7, 11) is 0. The molecule has 1 N–H and O–H groups in total. The summed E-state index contributed by atoms with van der Waals surface area (Å²) in [6.07, 6.45) is 7.28. The molecule has 1 aromatic carbocycles. The summed E-state index contributed by atoms with van der Waals surface area (Å²) >= 11 is 0. The van der Waals surface area contributed by atoms with Crippen LogP contribution in [-0.4, -0.2) is 28.6 Å². The quantitative estimate of drug-likeness (QED) is 0.926. The number of nitrogens with zero attached hydrogens (tertiary/aromatic N) is 1. The SMILES string of the molecule is O=C1C(C(O)C2CCCCC2)CCCN1Cc1ccccc1. The highest BCUT2D eigenvalue weighted by Crippen LogP contribution is 2.33. The maximum Gasteiger partial charge on any atom is 0.228 e. The number of hydrogen-bond acceptors (Lipinski definition) is 2. The lowest BCUT2D eigenvalue weighted by atomic mass is 9.77. The third-order valence-electron chi connectivity index (χ3n) is 5.33. The number of aliphatic hydroxyl groups is 1. The van der Waals surface area contributed by atoms with Gasteiger partial charge in [0.25, 0.3) is 0 Å². The number of likely N-dealkylation sites (tertiary alicyclic amines) is 1. The van der Waals surface area contributed by atoms with Crippen LogP contribution in [-0.2, 0) is 11.3 Å². The van der Waals surface area contributed by atoms with E-state index in [9.17, 15) is 9.90 Å². The van der Waals surface area contributed by atoms with Crippen LogP contribution in [0.3, 0.4) is 0 Å². The lowest BCUT2D eigenvalue weighted by molar-refractivity contribution is -0.145. The molecule has 3 heteroatoms. The van der Waals surface area contributed by atoms with Crippen molar-refractivity contribution in [1.82, 2.24) is 4.90 Å². The van der Waals surface area contributed by atoms with E-state index in [-0.39, 0.29) is 11.8 Å². The average molecular weight is 301 g/mol. The predicted molar refractivity (Wildman–Crippen MR) is 87.2 cm³/mol. The molecule has 0 bridgehead atoms. The van der Waals surface area contributed by atoms with Crippen molar-refractivity contribution >= 4 is 5.91 Å². The third-order valence-corrected chi connectivity index (χ3v) is 5.33. The first-order valence-corrected chi connectivity index (χ1v) is 8.76. The van der Waals surface area contributed by atoms with Gasteiger partial charge in [-0.05, 0) is 37.2 Å². The standard InChI is InChI=1S/C19H27NO2/c21-18(16-10-5-2-6-11-16)17-12-7-13-20(19(17)22)14-15-8-3-1-4-9-15/h1,3-4,8-9,16-18,21H,2,5-7,10-14H2. The van der Waals surface area contributed by atoms with Crippen molar-refractivity contribution in [1.29, 1.82) is 0 Å². The topological polar surface area (TPSA) is 40.5 Å². The van der Waals surface area contributed by atoms with Crippen molar-refractivity contribution in [3.63, 3.8) is 0 Å². The van der Waals surface area contributed by atoms with E-state index >= 15 is 0 Å². The largest absolute Gasteiger partial charge is 0.392 e. The number of piperidine rings is 1. The molecule has 2 unspecified atom stereocenters. The maximum absolute atomic E-state index is 12.8. The van der Waals surface area contributed by atoms with Crippen LogP contribution in [0.25, 0.3) is 0 Å². The van der Waals surface area contributed by atoms with Gasteiger partial charge in [-0.2, -0.15) is 0 Å². The fourth-order valence-electron chi connectivity index (χ4n) is 4.05. The lowest BCUT2D eigenvalue weighted by Gasteiger charge is -2.38. The zero-order valence-electron chi connectivity index (χ0n) is 13.3. The molecule has 1 saturated heterocycles. The molecule has 0 radical (unpaired) electrons. The van der Waals surface area contributed by atoms with E-state index in [2.05, 4.69) is 12.1 Å². The van der Waals surface area contributed by atoms with Gasteiger partial charge in [-0.25, -0.2) is 0 Å². The fourth-order valence-corrected chi connectivity index (χ4v) is 4.05. The summed E-state index contributed by atoms with van der Waals surface area (Å²) in [6.45, 7) is 1.50. The van der Waals surface area contributed by atoms with Gasteiger partial charge in [-0.1, -0.05) is 49.6 Å². The smallest absolute Gasteiger partial charge is 0.228 e. The van der Waals surface area contributed by atoms with Crippen molar-refractivity contribution in [3.8, 4) is 0 Å². The normalized spacial score (nSPS) is 25.2. The highest BCUT2D eigenvalue weighted by molar-refractivity contribution is 5.80. The molecule has 1 amide bonds. The summed E-state index contributed by atoms with van der Waals surface area (Å²) in [4.78, 5) is 14.7. The molecule has 2 fully saturated rings. The molecular formula is C19H27NO2. The molecule has 1 aliphatic carbocycles. The summed E-state index contributed by atoms with van der Waals surface area (Å²) in [5.74, 6) is 0.313.